The predicted octanol–water partition coefficient (Wildman–Crippen LogP) is 1.53. The largest absolute Gasteiger partial charge is 0.471 e. The number of carbonyl (C=O) groups is 3. The van der Waals surface area contributed by atoms with Gasteiger partial charge in [-0.25, -0.2) is 4.79 Å². The van der Waals surface area contributed by atoms with Crippen LogP contribution >= 0.6 is 0 Å². The highest BCUT2D eigenvalue weighted by Crippen LogP contribution is 2.27. The summed E-state index contributed by atoms with van der Waals surface area (Å²) in [7, 11) is 0. The molecule has 1 aromatic rings. The van der Waals surface area contributed by atoms with E-state index in [1.54, 1.807) is 30.3 Å². The number of nitrogens with one attached hydrogen (secondary N) is 2. The van der Waals surface area contributed by atoms with Gasteiger partial charge in [0.2, 0.25) is 0 Å². The summed E-state index contributed by atoms with van der Waals surface area (Å²) >= 11 is 0. The second-order valence-corrected chi connectivity index (χ2v) is 6.33. The van der Waals surface area contributed by atoms with Crippen molar-refractivity contribution < 1.29 is 32.7 Å². The number of amides is 2. The van der Waals surface area contributed by atoms with E-state index in [4.69, 9.17) is 0 Å². The zero-order valence-electron chi connectivity index (χ0n) is 14.3. The fraction of sp³-hybridized carbons (Fsp3) is 0.471. The number of rotatable bonds is 7. The standard InChI is InChI=1S/C17H20F3N3O4/c18-17(19,20)14(25)21-10-13-7-4-8-23(13)16(11-24,22-15(26)27)9-12-5-2-1-3-6-12/h1-3,5-6,11,13,22H,4,7-10H2,(H,21,25)(H,26,27). The van der Waals surface area contributed by atoms with Gasteiger partial charge in [0.05, 0.1) is 0 Å². The molecule has 2 unspecified atom stereocenters. The molecule has 3 N–H and O–H groups in total. The van der Waals surface area contributed by atoms with E-state index < -0.39 is 29.9 Å². The summed E-state index contributed by atoms with van der Waals surface area (Å²) < 4.78 is 37.2. The molecule has 2 atom stereocenters. The van der Waals surface area contributed by atoms with Crippen molar-refractivity contribution in [2.75, 3.05) is 13.1 Å². The third kappa shape index (κ3) is 5.19. The summed E-state index contributed by atoms with van der Waals surface area (Å²) in [5, 5.41) is 13.2. The quantitative estimate of drug-likeness (QED) is 0.617. The Kier molecular flexibility index (Phi) is 6.42. The molecule has 0 spiro atoms. The number of alkyl halides is 3. The van der Waals surface area contributed by atoms with Crippen LogP contribution in [-0.4, -0.2) is 59.3 Å². The van der Waals surface area contributed by atoms with Crippen LogP contribution in [0.2, 0.25) is 0 Å². The normalized spacial score (nSPS) is 19.9. The van der Waals surface area contributed by atoms with Gasteiger partial charge in [0.25, 0.3) is 0 Å². The molecule has 10 heteroatoms. The summed E-state index contributed by atoms with van der Waals surface area (Å²) in [6.07, 6.45) is -5.00. The van der Waals surface area contributed by atoms with Gasteiger partial charge in [-0.3, -0.25) is 19.8 Å². The van der Waals surface area contributed by atoms with Crippen molar-refractivity contribution in [2.45, 2.75) is 37.1 Å². The van der Waals surface area contributed by atoms with Crippen LogP contribution in [0.1, 0.15) is 18.4 Å². The van der Waals surface area contributed by atoms with Crippen LogP contribution in [-0.2, 0) is 16.0 Å². The SMILES string of the molecule is O=CC(Cc1ccccc1)(NC(=O)O)N1CCCC1CNC(=O)C(F)(F)F. The van der Waals surface area contributed by atoms with E-state index in [1.165, 1.54) is 4.90 Å². The Bertz CT molecular complexity index is 684. The molecule has 0 radical (unpaired) electrons. The molecular weight excluding hydrogens is 367 g/mol. The fourth-order valence-electron chi connectivity index (χ4n) is 3.33. The van der Waals surface area contributed by atoms with Crippen LogP contribution in [0.3, 0.4) is 0 Å². The predicted molar refractivity (Wildman–Crippen MR) is 88.9 cm³/mol. The first-order chi connectivity index (χ1) is 12.7. The number of carbonyl (C=O) groups excluding carboxylic acids is 2. The molecule has 0 aromatic heterocycles. The van der Waals surface area contributed by atoms with E-state index in [-0.39, 0.29) is 13.0 Å². The van der Waals surface area contributed by atoms with Crippen molar-refractivity contribution >= 4 is 18.3 Å². The van der Waals surface area contributed by atoms with Crippen LogP contribution in [0.25, 0.3) is 0 Å². The highest BCUT2D eigenvalue weighted by Gasteiger charge is 2.45. The number of halogens is 3. The first-order valence-electron chi connectivity index (χ1n) is 8.31. The van der Waals surface area contributed by atoms with Crippen molar-refractivity contribution in [2.24, 2.45) is 0 Å². The molecule has 0 saturated carbocycles. The smallest absolute Gasteiger partial charge is 0.465 e. The van der Waals surface area contributed by atoms with Crippen molar-refractivity contribution in [1.82, 2.24) is 15.5 Å². The third-order valence-corrected chi connectivity index (χ3v) is 4.48. The number of likely N-dealkylation sites (tertiary alicyclic amines) is 1. The minimum Gasteiger partial charge on any atom is -0.465 e. The van der Waals surface area contributed by atoms with Crippen LogP contribution in [0.15, 0.2) is 30.3 Å². The fourth-order valence-corrected chi connectivity index (χ4v) is 3.33. The van der Waals surface area contributed by atoms with Gasteiger partial charge in [-0.15, -0.1) is 0 Å². The van der Waals surface area contributed by atoms with E-state index in [0.29, 0.717) is 31.2 Å². The van der Waals surface area contributed by atoms with Gasteiger partial charge in [0, 0.05) is 25.6 Å². The topological polar surface area (TPSA) is 98.7 Å². The Morgan fingerprint density at radius 3 is 2.48 bits per heavy atom. The van der Waals surface area contributed by atoms with Crippen molar-refractivity contribution in [3.05, 3.63) is 35.9 Å². The number of hydrogen-bond donors (Lipinski definition) is 3. The zero-order chi connectivity index (χ0) is 20.1. The first kappa shape index (κ1) is 20.7. The van der Waals surface area contributed by atoms with E-state index in [1.807, 2.05) is 5.32 Å². The van der Waals surface area contributed by atoms with E-state index in [2.05, 4.69) is 5.32 Å². The molecule has 27 heavy (non-hydrogen) atoms. The molecule has 2 rings (SSSR count). The van der Waals surface area contributed by atoms with Gasteiger partial charge in [0.1, 0.15) is 0 Å². The number of carboxylic acid groups (broad SMARTS) is 1. The second-order valence-electron chi connectivity index (χ2n) is 6.33. The van der Waals surface area contributed by atoms with Crippen molar-refractivity contribution in [3.8, 4) is 0 Å². The first-order valence-corrected chi connectivity index (χ1v) is 8.31. The maximum Gasteiger partial charge on any atom is 0.471 e. The monoisotopic (exact) mass is 387 g/mol. The highest BCUT2D eigenvalue weighted by molar-refractivity contribution is 5.81. The molecule has 0 bridgehead atoms. The van der Waals surface area contributed by atoms with Crippen LogP contribution in [0.4, 0.5) is 18.0 Å². The van der Waals surface area contributed by atoms with E-state index in [9.17, 15) is 32.7 Å². The van der Waals surface area contributed by atoms with Crippen molar-refractivity contribution in [3.63, 3.8) is 0 Å². The Labute approximate surface area is 153 Å². The molecule has 1 heterocycles. The minimum atomic E-state index is -5.01. The van der Waals surface area contributed by atoms with Crippen molar-refractivity contribution in [1.29, 1.82) is 0 Å². The Balaban J connectivity index is 2.23. The summed E-state index contributed by atoms with van der Waals surface area (Å²) in [4.78, 5) is 35.9. The lowest BCUT2D eigenvalue weighted by Gasteiger charge is -2.41. The summed E-state index contributed by atoms with van der Waals surface area (Å²) in [5.74, 6) is -2.07. The number of aldehydes is 1. The lowest BCUT2D eigenvalue weighted by atomic mass is 9.97. The molecule has 1 aliphatic heterocycles. The Hall–Kier alpha value is -2.62. The molecular formula is C17H20F3N3O4. The lowest BCUT2D eigenvalue weighted by molar-refractivity contribution is -0.173. The molecule has 2 amide bonds. The molecule has 7 nitrogen and oxygen atoms in total. The van der Waals surface area contributed by atoms with E-state index in [0.717, 1.165) is 0 Å². The van der Waals surface area contributed by atoms with Gasteiger partial charge < -0.3 is 10.4 Å². The number of nitrogens with zero attached hydrogens (tertiary/aromatic N) is 1. The molecule has 1 saturated heterocycles. The molecule has 0 aliphatic carbocycles. The van der Waals surface area contributed by atoms with Crippen LogP contribution in [0.5, 0.6) is 0 Å². The Morgan fingerprint density at radius 2 is 1.93 bits per heavy atom. The van der Waals surface area contributed by atoms with Gasteiger partial charge in [0.15, 0.2) is 11.9 Å². The maximum absolute atomic E-state index is 12.4. The van der Waals surface area contributed by atoms with Gasteiger partial charge in [-0.05, 0) is 18.4 Å². The average Bonchev–Trinajstić information content (AvgIpc) is 3.07. The number of hydrogen-bond acceptors (Lipinski definition) is 4. The number of benzene rings is 1. The second kappa shape index (κ2) is 8.38. The molecule has 148 valence electrons. The van der Waals surface area contributed by atoms with Gasteiger partial charge >= 0.3 is 18.2 Å². The van der Waals surface area contributed by atoms with Gasteiger partial charge in [-0.2, -0.15) is 13.2 Å². The average molecular weight is 387 g/mol. The maximum atomic E-state index is 12.4. The lowest BCUT2D eigenvalue weighted by Crippen LogP contribution is -2.65. The summed E-state index contributed by atoms with van der Waals surface area (Å²) in [5.41, 5.74) is -0.958. The minimum absolute atomic E-state index is 0.00730. The zero-order valence-corrected chi connectivity index (χ0v) is 14.3. The molecule has 1 fully saturated rings. The molecule has 1 aromatic carbocycles. The van der Waals surface area contributed by atoms with E-state index >= 15 is 0 Å². The summed E-state index contributed by atoms with van der Waals surface area (Å²) in [6.45, 7) is -0.0393. The van der Waals surface area contributed by atoms with Crippen LogP contribution < -0.4 is 10.6 Å². The summed E-state index contributed by atoms with van der Waals surface area (Å²) in [6, 6.07) is 8.06. The van der Waals surface area contributed by atoms with Gasteiger partial charge in [-0.1, -0.05) is 30.3 Å². The third-order valence-electron chi connectivity index (χ3n) is 4.48. The Morgan fingerprint density at radius 1 is 1.26 bits per heavy atom. The highest BCUT2D eigenvalue weighted by atomic mass is 19.4. The van der Waals surface area contributed by atoms with Crippen LogP contribution in [0, 0.1) is 0 Å². The molecule has 1 aliphatic rings.